The molecule has 1 heterocycles. The predicted octanol–water partition coefficient (Wildman–Crippen LogP) is 3.66. The zero-order valence-electron chi connectivity index (χ0n) is 18.5. The summed E-state index contributed by atoms with van der Waals surface area (Å²) in [5.74, 6) is -1.56. The molecule has 3 aromatic rings. The van der Waals surface area contributed by atoms with E-state index in [2.05, 4.69) is 20.3 Å². The maximum Gasteiger partial charge on any atom is 0.213 e. The Balaban J connectivity index is 1.83. The summed E-state index contributed by atoms with van der Waals surface area (Å²) in [5, 5.41) is 14.7. The summed E-state index contributed by atoms with van der Waals surface area (Å²) in [6, 6.07) is 11.9. The summed E-state index contributed by atoms with van der Waals surface area (Å²) < 4.78 is 53.1. The van der Waals surface area contributed by atoms with Gasteiger partial charge in [0.25, 0.3) is 0 Å². The van der Waals surface area contributed by atoms with E-state index in [0.717, 1.165) is 11.6 Å². The van der Waals surface area contributed by atoms with Crippen LogP contribution in [0, 0.1) is 17.0 Å². The highest BCUT2D eigenvalue weighted by Crippen LogP contribution is 2.27. The topological polar surface area (TPSA) is 107 Å². The Morgan fingerprint density at radius 1 is 1.09 bits per heavy atom. The normalized spacial score (nSPS) is 11.5. The average Bonchev–Trinajstić information content (AvgIpc) is 2.82. The number of hydrogen-bond acceptors (Lipinski definition) is 6. The van der Waals surface area contributed by atoms with Gasteiger partial charge in [0.1, 0.15) is 11.6 Å². The molecule has 0 saturated carbocycles. The molecule has 4 N–H and O–H groups in total. The molecule has 0 unspecified atom stereocenters. The minimum atomic E-state index is -3.41. The average molecular weight is 486 g/mol. The smallest absolute Gasteiger partial charge is 0.213 e. The minimum Gasteiger partial charge on any atom is -0.387 e. The van der Waals surface area contributed by atoms with Gasteiger partial charge in [0.2, 0.25) is 10.0 Å². The predicted molar refractivity (Wildman–Crippen MR) is 130 cm³/mol. The van der Waals surface area contributed by atoms with Gasteiger partial charge in [-0.05, 0) is 66.3 Å². The summed E-state index contributed by atoms with van der Waals surface area (Å²) >= 11 is 0. The van der Waals surface area contributed by atoms with E-state index in [1.54, 1.807) is 42.9 Å². The lowest BCUT2D eigenvalue weighted by Gasteiger charge is -2.14. The van der Waals surface area contributed by atoms with Gasteiger partial charge in [0.05, 0.1) is 11.5 Å². The van der Waals surface area contributed by atoms with Crippen LogP contribution < -0.4 is 15.4 Å². The fourth-order valence-corrected chi connectivity index (χ4v) is 3.73. The van der Waals surface area contributed by atoms with Crippen LogP contribution in [-0.2, 0) is 16.6 Å². The zero-order valence-corrected chi connectivity index (χ0v) is 19.3. The van der Waals surface area contributed by atoms with Gasteiger partial charge in [-0.3, -0.25) is 4.98 Å². The number of sulfonamides is 1. The molecular weight excluding hydrogens is 460 g/mol. The van der Waals surface area contributed by atoms with Crippen molar-refractivity contribution in [1.29, 1.82) is 5.41 Å². The highest BCUT2D eigenvalue weighted by molar-refractivity contribution is 7.89. The number of halogens is 2. The van der Waals surface area contributed by atoms with Crippen LogP contribution in [0.1, 0.15) is 11.1 Å². The fourth-order valence-electron chi connectivity index (χ4n) is 3.15. The number of benzene rings is 2. The Bertz CT molecular complexity index is 1260. The molecular formula is C24H25F2N5O2S. The first-order valence-electron chi connectivity index (χ1n) is 10.4. The molecule has 0 aliphatic heterocycles. The second kappa shape index (κ2) is 11.5. The lowest BCUT2D eigenvalue weighted by Crippen LogP contribution is -2.26. The zero-order chi connectivity index (χ0) is 24.6. The second-order valence-electron chi connectivity index (χ2n) is 7.36. The molecule has 10 heteroatoms. The van der Waals surface area contributed by atoms with Crippen molar-refractivity contribution in [2.24, 2.45) is 0 Å². The van der Waals surface area contributed by atoms with Crippen molar-refractivity contribution in [1.82, 2.24) is 15.0 Å². The molecule has 1 aromatic heterocycles. The van der Waals surface area contributed by atoms with Crippen LogP contribution >= 0.6 is 0 Å². The summed E-state index contributed by atoms with van der Waals surface area (Å²) in [7, 11) is -2.07. The highest BCUT2D eigenvalue weighted by atomic mass is 32.2. The Hall–Kier alpha value is -3.63. The number of pyridine rings is 1. The van der Waals surface area contributed by atoms with Gasteiger partial charge in [-0.25, -0.2) is 21.9 Å². The minimum absolute atomic E-state index is 0.111. The van der Waals surface area contributed by atoms with Crippen molar-refractivity contribution >= 4 is 21.4 Å². The van der Waals surface area contributed by atoms with Crippen LogP contribution in [0.5, 0.6) is 0 Å². The van der Waals surface area contributed by atoms with Crippen molar-refractivity contribution in [2.45, 2.75) is 6.54 Å². The number of anilines is 1. The van der Waals surface area contributed by atoms with Gasteiger partial charge >= 0.3 is 0 Å². The molecule has 0 radical (unpaired) electrons. The van der Waals surface area contributed by atoms with Crippen molar-refractivity contribution in [3.8, 4) is 11.1 Å². The molecule has 34 heavy (non-hydrogen) atoms. The third-order valence-corrected chi connectivity index (χ3v) is 6.26. The number of rotatable bonds is 11. The Morgan fingerprint density at radius 2 is 1.85 bits per heavy atom. The first kappa shape index (κ1) is 25.0. The van der Waals surface area contributed by atoms with Crippen molar-refractivity contribution in [2.75, 3.05) is 24.7 Å². The third kappa shape index (κ3) is 7.19. The van der Waals surface area contributed by atoms with Crippen molar-refractivity contribution in [3.63, 3.8) is 0 Å². The molecule has 0 saturated heterocycles. The molecule has 0 aliphatic carbocycles. The molecule has 178 valence electrons. The van der Waals surface area contributed by atoms with E-state index in [0.29, 0.717) is 28.9 Å². The lowest BCUT2D eigenvalue weighted by molar-refractivity contribution is 0.584. The van der Waals surface area contributed by atoms with Gasteiger partial charge in [0, 0.05) is 42.8 Å². The van der Waals surface area contributed by atoms with Gasteiger partial charge in [-0.2, -0.15) is 0 Å². The van der Waals surface area contributed by atoms with E-state index >= 15 is 0 Å². The molecule has 0 spiro atoms. The molecule has 0 atom stereocenters. The SMILES string of the molecule is CNS(=O)(=O)CCNc1ccc(-c2cc(F)cc(F)c2)cc1C(=N)/C=C\NCc1cccnc1. The Labute approximate surface area is 197 Å². The van der Waals surface area contributed by atoms with E-state index in [1.807, 2.05) is 12.1 Å². The monoisotopic (exact) mass is 485 g/mol. The molecule has 3 rings (SSSR count). The lowest BCUT2D eigenvalue weighted by atomic mass is 9.99. The van der Waals surface area contributed by atoms with Crippen LogP contribution in [0.2, 0.25) is 0 Å². The van der Waals surface area contributed by atoms with E-state index in [-0.39, 0.29) is 18.0 Å². The van der Waals surface area contributed by atoms with Crippen LogP contribution in [-0.4, -0.2) is 38.5 Å². The van der Waals surface area contributed by atoms with E-state index in [9.17, 15) is 17.2 Å². The van der Waals surface area contributed by atoms with Crippen LogP contribution in [0.25, 0.3) is 11.1 Å². The van der Waals surface area contributed by atoms with Gasteiger partial charge in [0.15, 0.2) is 0 Å². The molecule has 0 aliphatic rings. The second-order valence-corrected chi connectivity index (χ2v) is 9.40. The first-order chi connectivity index (χ1) is 16.3. The van der Waals surface area contributed by atoms with Crippen LogP contribution in [0.4, 0.5) is 14.5 Å². The summed E-state index contributed by atoms with van der Waals surface area (Å²) in [6.45, 7) is 0.633. The van der Waals surface area contributed by atoms with Gasteiger partial charge in [-0.1, -0.05) is 12.1 Å². The number of aromatic nitrogens is 1. The van der Waals surface area contributed by atoms with Gasteiger partial charge in [-0.15, -0.1) is 0 Å². The van der Waals surface area contributed by atoms with E-state index in [4.69, 9.17) is 5.41 Å². The molecule has 0 fully saturated rings. The largest absolute Gasteiger partial charge is 0.387 e. The van der Waals surface area contributed by atoms with Crippen molar-refractivity contribution in [3.05, 3.63) is 96.0 Å². The quantitative estimate of drug-likeness (QED) is 0.310. The molecule has 7 nitrogen and oxygen atoms in total. The van der Waals surface area contributed by atoms with Crippen LogP contribution in [0.15, 0.2) is 73.2 Å². The molecule has 2 aromatic carbocycles. The van der Waals surface area contributed by atoms with E-state index in [1.165, 1.54) is 19.2 Å². The highest BCUT2D eigenvalue weighted by Gasteiger charge is 2.12. The molecule has 0 amide bonds. The fraction of sp³-hybridized carbons (Fsp3) is 0.167. The number of nitrogens with one attached hydrogen (secondary N) is 4. The van der Waals surface area contributed by atoms with Gasteiger partial charge < -0.3 is 16.0 Å². The van der Waals surface area contributed by atoms with E-state index < -0.39 is 21.7 Å². The summed E-state index contributed by atoms with van der Waals surface area (Å²) in [6.07, 6.45) is 6.59. The maximum atomic E-state index is 13.7. The standard InChI is InChI=1S/C24H25F2N5O2S/c1-28-34(32,33)10-9-31-24-5-4-18(19-11-20(25)14-21(26)12-19)13-22(24)23(27)6-8-30-16-17-3-2-7-29-15-17/h2-8,11-15,27-28,30-31H,9-10,16H2,1H3/b8-6-,27-23?. The van der Waals surface area contributed by atoms with Crippen LogP contribution in [0.3, 0.4) is 0 Å². The third-order valence-electron chi connectivity index (χ3n) is 4.90. The summed E-state index contributed by atoms with van der Waals surface area (Å²) in [4.78, 5) is 4.05. The maximum absolute atomic E-state index is 13.7. The summed E-state index contributed by atoms with van der Waals surface area (Å²) in [5.41, 5.74) is 2.91. The Kier molecular flexibility index (Phi) is 8.44. The number of nitrogens with zero attached hydrogens (tertiary/aromatic N) is 1. The number of allylic oxidation sites excluding steroid dienone is 1. The van der Waals surface area contributed by atoms with Crippen molar-refractivity contribution < 1.29 is 17.2 Å². The number of hydrogen-bond donors (Lipinski definition) is 4. The molecule has 0 bridgehead atoms. The first-order valence-corrected chi connectivity index (χ1v) is 12.1. The Morgan fingerprint density at radius 3 is 2.53 bits per heavy atom.